The van der Waals surface area contributed by atoms with Gasteiger partial charge in [-0.15, -0.1) is 0 Å². The van der Waals surface area contributed by atoms with Crippen molar-refractivity contribution in [2.75, 3.05) is 4.90 Å². The molecular weight excluding hydrogens is 465 g/mol. The van der Waals surface area contributed by atoms with Crippen LogP contribution >= 0.6 is 35.4 Å². The lowest BCUT2D eigenvalue weighted by atomic mass is 10.0. The van der Waals surface area contributed by atoms with E-state index in [2.05, 4.69) is 10.3 Å². The van der Waals surface area contributed by atoms with Gasteiger partial charge in [-0.2, -0.15) is 0 Å². The summed E-state index contributed by atoms with van der Waals surface area (Å²) in [6.07, 6.45) is 1.73. The van der Waals surface area contributed by atoms with Crippen LogP contribution in [0.15, 0.2) is 83.4 Å². The Morgan fingerprint density at radius 3 is 2.50 bits per heavy atom. The molecule has 2 aromatic carbocycles. The zero-order valence-corrected chi connectivity index (χ0v) is 18.9. The van der Waals surface area contributed by atoms with E-state index in [1.165, 1.54) is 0 Å². The topological polar surface area (TPSA) is 61.5 Å². The van der Waals surface area contributed by atoms with Crippen LogP contribution in [0, 0.1) is 0 Å². The van der Waals surface area contributed by atoms with E-state index in [0.29, 0.717) is 32.4 Å². The molecule has 1 aliphatic heterocycles. The first-order valence-electron chi connectivity index (χ1n) is 9.86. The number of phenols is 1. The van der Waals surface area contributed by atoms with Crippen molar-refractivity contribution in [3.63, 3.8) is 0 Å². The molecule has 2 aromatic heterocycles. The molecular formula is C24H17Cl2N3O2S. The van der Waals surface area contributed by atoms with Gasteiger partial charge in [0.25, 0.3) is 0 Å². The molecule has 3 heterocycles. The van der Waals surface area contributed by atoms with E-state index in [0.717, 1.165) is 11.3 Å². The Kier molecular flexibility index (Phi) is 5.51. The van der Waals surface area contributed by atoms with Crippen LogP contribution < -0.4 is 10.2 Å². The van der Waals surface area contributed by atoms with Crippen molar-refractivity contribution < 1.29 is 9.52 Å². The highest BCUT2D eigenvalue weighted by atomic mass is 35.5. The van der Waals surface area contributed by atoms with Crippen molar-refractivity contribution >= 4 is 46.2 Å². The van der Waals surface area contributed by atoms with Crippen LogP contribution in [0.25, 0.3) is 11.3 Å². The van der Waals surface area contributed by atoms with Gasteiger partial charge in [-0.1, -0.05) is 29.3 Å². The summed E-state index contributed by atoms with van der Waals surface area (Å²) in [4.78, 5) is 6.34. The summed E-state index contributed by atoms with van der Waals surface area (Å²) in [5.74, 6) is 1.43. The lowest BCUT2D eigenvalue weighted by Gasteiger charge is -2.26. The summed E-state index contributed by atoms with van der Waals surface area (Å²) in [6.45, 7) is 0. The number of halogens is 2. The fraction of sp³-hybridized carbons (Fsp3) is 0.0833. The highest BCUT2D eigenvalue weighted by Gasteiger charge is 2.43. The molecule has 0 radical (unpaired) electrons. The Labute approximate surface area is 200 Å². The van der Waals surface area contributed by atoms with Gasteiger partial charge in [0.2, 0.25) is 0 Å². The molecule has 1 aliphatic rings. The summed E-state index contributed by atoms with van der Waals surface area (Å²) in [7, 11) is 0. The average molecular weight is 482 g/mol. The van der Waals surface area contributed by atoms with Gasteiger partial charge in [-0.05, 0) is 78.9 Å². The first-order valence-corrected chi connectivity index (χ1v) is 11.0. The standard InChI is InChI=1S/C24H17Cl2N3O2S/c25-15-6-4-14(5-7-15)20-10-11-21(31-20)23-22(17-3-1-2-12-27-17)28-24(32)29(23)18-13-16(26)8-9-19(18)30/h1-13,22-23,30H,(H,28,32)/t22-,23+/m1/s1. The van der Waals surface area contributed by atoms with Gasteiger partial charge in [0.15, 0.2) is 5.11 Å². The Bertz CT molecular complexity index is 1280. The predicted molar refractivity (Wildman–Crippen MR) is 130 cm³/mol. The maximum absolute atomic E-state index is 10.6. The number of rotatable bonds is 4. The van der Waals surface area contributed by atoms with Gasteiger partial charge >= 0.3 is 0 Å². The zero-order chi connectivity index (χ0) is 22.2. The Morgan fingerprint density at radius 1 is 0.969 bits per heavy atom. The van der Waals surface area contributed by atoms with E-state index < -0.39 is 6.04 Å². The smallest absolute Gasteiger partial charge is 0.174 e. The van der Waals surface area contributed by atoms with Gasteiger partial charge in [0, 0.05) is 21.8 Å². The third-order valence-corrected chi connectivity index (χ3v) is 6.14. The summed E-state index contributed by atoms with van der Waals surface area (Å²) in [5.41, 5.74) is 2.19. The number of aromatic hydroxyl groups is 1. The van der Waals surface area contributed by atoms with Crippen LogP contribution in [0.5, 0.6) is 5.75 Å². The van der Waals surface area contributed by atoms with Gasteiger partial charge in [-0.3, -0.25) is 4.98 Å². The van der Waals surface area contributed by atoms with Crippen LogP contribution in [0.4, 0.5) is 5.69 Å². The molecule has 0 saturated carbocycles. The number of aromatic nitrogens is 1. The molecule has 8 heteroatoms. The van der Waals surface area contributed by atoms with Gasteiger partial charge in [-0.25, -0.2) is 0 Å². The van der Waals surface area contributed by atoms with Crippen LogP contribution in [0.2, 0.25) is 10.0 Å². The third-order valence-electron chi connectivity index (χ3n) is 5.34. The predicted octanol–water partition coefficient (Wildman–Crippen LogP) is 6.53. The van der Waals surface area contributed by atoms with Gasteiger partial charge in [0.05, 0.1) is 17.4 Å². The largest absolute Gasteiger partial charge is 0.506 e. The molecule has 0 bridgehead atoms. The van der Waals surface area contributed by atoms with E-state index in [4.69, 9.17) is 39.8 Å². The van der Waals surface area contributed by atoms with Crippen molar-refractivity contribution in [1.29, 1.82) is 0 Å². The molecule has 2 atom stereocenters. The number of nitrogens with one attached hydrogen (secondary N) is 1. The number of benzene rings is 2. The van der Waals surface area contributed by atoms with Crippen LogP contribution in [-0.4, -0.2) is 15.2 Å². The minimum Gasteiger partial charge on any atom is -0.506 e. The molecule has 0 unspecified atom stereocenters. The summed E-state index contributed by atoms with van der Waals surface area (Å²) in [5, 5.41) is 15.5. The second kappa shape index (κ2) is 8.47. The van der Waals surface area contributed by atoms with E-state index in [9.17, 15) is 5.11 Å². The monoisotopic (exact) mass is 481 g/mol. The maximum atomic E-state index is 10.6. The fourth-order valence-electron chi connectivity index (χ4n) is 3.87. The van der Waals surface area contributed by atoms with Crippen molar-refractivity contribution in [3.05, 3.63) is 100 Å². The number of thiocarbonyl (C=S) groups is 1. The van der Waals surface area contributed by atoms with E-state index in [1.807, 2.05) is 59.5 Å². The molecule has 0 amide bonds. The van der Waals surface area contributed by atoms with Gasteiger partial charge < -0.3 is 19.7 Å². The van der Waals surface area contributed by atoms with E-state index in [-0.39, 0.29) is 11.8 Å². The number of anilines is 1. The summed E-state index contributed by atoms with van der Waals surface area (Å²) >= 11 is 17.9. The van der Waals surface area contributed by atoms with E-state index >= 15 is 0 Å². The minimum absolute atomic E-state index is 0.0645. The zero-order valence-electron chi connectivity index (χ0n) is 16.6. The highest BCUT2D eigenvalue weighted by molar-refractivity contribution is 7.80. The molecule has 5 rings (SSSR count). The lowest BCUT2D eigenvalue weighted by Crippen LogP contribution is -2.29. The highest BCUT2D eigenvalue weighted by Crippen LogP contribution is 2.45. The Hall–Kier alpha value is -3.06. The number of nitrogens with zero attached hydrogens (tertiary/aromatic N) is 2. The average Bonchev–Trinajstić information content (AvgIpc) is 3.41. The van der Waals surface area contributed by atoms with Crippen LogP contribution in [-0.2, 0) is 0 Å². The second-order valence-corrected chi connectivity index (χ2v) is 8.60. The number of furan rings is 1. The molecule has 0 spiro atoms. The van der Waals surface area contributed by atoms with Gasteiger partial charge in [0.1, 0.15) is 23.3 Å². The quantitative estimate of drug-likeness (QED) is 0.323. The molecule has 4 aromatic rings. The summed E-state index contributed by atoms with van der Waals surface area (Å²) < 4.78 is 6.29. The number of hydrogen-bond acceptors (Lipinski definition) is 4. The minimum atomic E-state index is -0.400. The lowest BCUT2D eigenvalue weighted by molar-refractivity contribution is 0.434. The molecule has 0 aliphatic carbocycles. The number of phenolic OH excluding ortho intramolecular Hbond substituents is 1. The van der Waals surface area contributed by atoms with E-state index in [1.54, 1.807) is 24.4 Å². The van der Waals surface area contributed by atoms with Crippen LogP contribution in [0.1, 0.15) is 23.5 Å². The SMILES string of the molecule is Oc1ccc(Cl)cc1N1C(=S)N[C@H](c2ccccn2)[C@@H]1c1ccc(-c2ccc(Cl)cc2)o1. The first-order chi connectivity index (χ1) is 15.5. The molecule has 2 N–H and O–H groups in total. The Morgan fingerprint density at radius 2 is 1.75 bits per heavy atom. The third kappa shape index (κ3) is 3.81. The molecule has 5 nitrogen and oxygen atoms in total. The maximum Gasteiger partial charge on any atom is 0.174 e. The summed E-state index contributed by atoms with van der Waals surface area (Å²) in [6, 6.07) is 21.1. The molecule has 160 valence electrons. The first kappa shape index (κ1) is 20.8. The number of pyridine rings is 1. The van der Waals surface area contributed by atoms with Crippen molar-refractivity contribution in [2.24, 2.45) is 0 Å². The fourth-order valence-corrected chi connectivity index (χ4v) is 4.51. The molecule has 32 heavy (non-hydrogen) atoms. The van der Waals surface area contributed by atoms with Crippen molar-refractivity contribution in [1.82, 2.24) is 10.3 Å². The molecule has 1 fully saturated rings. The normalized spacial score (nSPS) is 18.1. The number of hydrogen-bond donors (Lipinski definition) is 2. The Balaban J connectivity index is 1.62. The van der Waals surface area contributed by atoms with Crippen LogP contribution in [0.3, 0.4) is 0 Å². The van der Waals surface area contributed by atoms with Crippen molar-refractivity contribution in [3.8, 4) is 17.1 Å². The van der Waals surface area contributed by atoms with Crippen molar-refractivity contribution in [2.45, 2.75) is 12.1 Å². The second-order valence-electron chi connectivity index (χ2n) is 7.34. The molecule has 1 saturated heterocycles.